The highest BCUT2D eigenvalue weighted by Crippen LogP contribution is 2.16. The smallest absolute Gasteiger partial charge is 0.335 e. The van der Waals surface area contributed by atoms with Crippen molar-refractivity contribution in [1.29, 1.82) is 0 Å². The Hall–Kier alpha value is -2.50. The van der Waals surface area contributed by atoms with E-state index in [1.54, 1.807) is 0 Å². The maximum Gasteiger partial charge on any atom is 0.335 e. The van der Waals surface area contributed by atoms with E-state index in [1.165, 1.54) is 12.1 Å². The monoisotopic (exact) mass is 281 g/mol. The van der Waals surface area contributed by atoms with Crippen LogP contribution in [0, 0.1) is 17.5 Å². The molecule has 0 unspecified atom stereocenters. The van der Waals surface area contributed by atoms with Gasteiger partial charge in [-0.25, -0.2) is 18.0 Å². The lowest BCUT2D eigenvalue weighted by molar-refractivity contribution is 0.0696. The lowest BCUT2D eigenvalue weighted by atomic mass is 10.1. The fourth-order valence-corrected chi connectivity index (χ4v) is 1.65. The van der Waals surface area contributed by atoms with Gasteiger partial charge in [-0.05, 0) is 30.3 Å². The highest BCUT2D eigenvalue weighted by atomic mass is 19.2. The molecule has 0 aliphatic rings. The van der Waals surface area contributed by atoms with E-state index in [9.17, 15) is 18.0 Å². The molecule has 0 saturated heterocycles. The zero-order chi connectivity index (χ0) is 14.7. The van der Waals surface area contributed by atoms with Crippen molar-refractivity contribution in [3.8, 4) is 0 Å². The minimum atomic E-state index is -1.17. The minimum Gasteiger partial charge on any atom is -0.478 e. The molecule has 0 aliphatic carbocycles. The molecule has 2 rings (SSSR count). The quantitative estimate of drug-likeness (QED) is 0.902. The average molecular weight is 281 g/mol. The van der Waals surface area contributed by atoms with E-state index in [0.29, 0.717) is 0 Å². The Labute approximate surface area is 112 Å². The van der Waals surface area contributed by atoms with Crippen molar-refractivity contribution in [2.45, 2.75) is 6.54 Å². The number of carbonyl (C=O) groups is 1. The van der Waals surface area contributed by atoms with Crippen LogP contribution in [0.15, 0.2) is 36.4 Å². The predicted octanol–water partition coefficient (Wildman–Crippen LogP) is 3.41. The molecule has 0 atom stereocenters. The third kappa shape index (κ3) is 3.09. The summed E-state index contributed by atoms with van der Waals surface area (Å²) in [5, 5.41) is 11.5. The van der Waals surface area contributed by atoms with Gasteiger partial charge in [0.15, 0.2) is 11.6 Å². The highest BCUT2D eigenvalue weighted by molar-refractivity contribution is 5.87. The summed E-state index contributed by atoms with van der Waals surface area (Å²) in [5.41, 5.74) is 0.340. The molecule has 2 aromatic carbocycles. The SMILES string of the molecule is O=C(O)c1ccc(F)c(CNc2ccc(F)c(F)c2)c1. The van der Waals surface area contributed by atoms with E-state index >= 15 is 0 Å². The summed E-state index contributed by atoms with van der Waals surface area (Å²) < 4.78 is 39.2. The molecule has 2 N–H and O–H groups in total. The number of halogens is 3. The van der Waals surface area contributed by atoms with Crippen molar-refractivity contribution in [3.05, 3.63) is 65.0 Å². The molecule has 0 spiro atoms. The lowest BCUT2D eigenvalue weighted by Crippen LogP contribution is -2.05. The Balaban J connectivity index is 2.15. The Kier molecular flexibility index (Phi) is 3.93. The number of carboxylic acid groups (broad SMARTS) is 1. The van der Waals surface area contributed by atoms with E-state index in [1.807, 2.05) is 0 Å². The number of rotatable bonds is 4. The van der Waals surface area contributed by atoms with Crippen LogP contribution in [0.2, 0.25) is 0 Å². The molecule has 0 heterocycles. The van der Waals surface area contributed by atoms with Crippen LogP contribution in [0.4, 0.5) is 18.9 Å². The fourth-order valence-electron chi connectivity index (χ4n) is 1.65. The summed E-state index contributed by atoms with van der Waals surface area (Å²) in [5.74, 6) is -3.74. The van der Waals surface area contributed by atoms with E-state index in [0.717, 1.165) is 24.3 Å². The van der Waals surface area contributed by atoms with Crippen LogP contribution >= 0.6 is 0 Å². The number of benzene rings is 2. The normalized spacial score (nSPS) is 10.3. The molecule has 0 radical (unpaired) electrons. The van der Waals surface area contributed by atoms with Gasteiger partial charge in [0, 0.05) is 23.9 Å². The van der Waals surface area contributed by atoms with Crippen LogP contribution < -0.4 is 5.32 Å². The second-order valence-corrected chi connectivity index (χ2v) is 4.09. The molecule has 0 aliphatic heterocycles. The molecule has 0 amide bonds. The van der Waals surface area contributed by atoms with Crippen LogP contribution in [-0.2, 0) is 6.54 Å². The van der Waals surface area contributed by atoms with Gasteiger partial charge < -0.3 is 10.4 Å². The largest absolute Gasteiger partial charge is 0.478 e. The van der Waals surface area contributed by atoms with Crippen molar-refractivity contribution < 1.29 is 23.1 Å². The standard InChI is InChI=1S/C14H10F3NO2/c15-11-3-1-8(14(19)20)5-9(11)7-18-10-2-4-12(16)13(17)6-10/h1-6,18H,7H2,(H,19,20). The third-order valence-corrected chi connectivity index (χ3v) is 2.70. The van der Waals surface area contributed by atoms with E-state index < -0.39 is 23.4 Å². The van der Waals surface area contributed by atoms with Crippen LogP contribution in [-0.4, -0.2) is 11.1 Å². The Morgan fingerprint density at radius 1 is 1.00 bits per heavy atom. The zero-order valence-corrected chi connectivity index (χ0v) is 10.2. The molecule has 6 heteroatoms. The molecule has 3 nitrogen and oxygen atoms in total. The summed E-state index contributed by atoms with van der Waals surface area (Å²) in [6, 6.07) is 6.57. The number of anilines is 1. The van der Waals surface area contributed by atoms with Crippen LogP contribution in [0.3, 0.4) is 0 Å². The zero-order valence-electron chi connectivity index (χ0n) is 10.2. The fraction of sp³-hybridized carbons (Fsp3) is 0.0714. The van der Waals surface area contributed by atoms with Crippen LogP contribution in [0.5, 0.6) is 0 Å². The molecule has 0 aromatic heterocycles. The van der Waals surface area contributed by atoms with Gasteiger partial charge in [0.05, 0.1) is 5.56 Å². The summed E-state index contributed by atoms with van der Waals surface area (Å²) >= 11 is 0. The first kappa shape index (κ1) is 13.9. The summed E-state index contributed by atoms with van der Waals surface area (Å²) in [4.78, 5) is 10.8. The molecular formula is C14H10F3NO2. The average Bonchev–Trinajstić information content (AvgIpc) is 2.41. The van der Waals surface area contributed by atoms with E-state index in [2.05, 4.69) is 5.32 Å². The predicted molar refractivity (Wildman–Crippen MR) is 67.0 cm³/mol. The number of carboxylic acids is 1. The van der Waals surface area contributed by atoms with Crippen molar-refractivity contribution in [3.63, 3.8) is 0 Å². The highest BCUT2D eigenvalue weighted by Gasteiger charge is 2.09. The third-order valence-electron chi connectivity index (χ3n) is 2.70. The molecular weight excluding hydrogens is 271 g/mol. The van der Waals surface area contributed by atoms with Crippen molar-refractivity contribution in [2.75, 3.05) is 5.32 Å². The molecule has 0 saturated carbocycles. The number of hydrogen-bond acceptors (Lipinski definition) is 2. The number of aromatic carboxylic acids is 1. The Bertz CT molecular complexity index is 659. The van der Waals surface area contributed by atoms with E-state index in [-0.39, 0.29) is 23.4 Å². The maximum absolute atomic E-state index is 13.5. The van der Waals surface area contributed by atoms with Crippen molar-refractivity contribution in [1.82, 2.24) is 0 Å². The molecule has 104 valence electrons. The van der Waals surface area contributed by atoms with Gasteiger partial charge in [-0.3, -0.25) is 0 Å². The van der Waals surface area contributed by atoms with Gasteiger partial charge in [0.25, 0.3) is 0 Å². The summed E-state index contributed by atoms with van der Waals surface area (Å²) in [6.07, 6.45) is 0. The van der Waals surface area contributed by atoms with Gasteiger partial charge >= 0.3 is 5.97 Å². The molecule has 20 heavy (non-hydrogen) atoms. The first-order chi connectivity index (χ1) is 9.47. The Morgan fingerprint density at radius 2 is 1.70 bits per heavy atom. The summed E-state index contributed by atoms with van der Waals surface area (Å²) in [6.45, 7) is -0.0436. The molecule has 0 fully saturated rings. The number of nitrogens with one attached hydrogen (secondary N) is 1. The first-order valence-electron chi connectivity index (χ1n) is 5.68. The van der Waals surface area contributed by atoms with Gasteiger partial charge in [0.2, 0.25) is 0 Å². The maximum atomic E-state index is 13.5. The minimum absolute atomic E-state index is 0.0436. The topological polar surface area (TPSA) is 49.3 Å². The van der Waals surface area contributed by atoms with Gasteiger partial charge in [0.1, 0.15) is 5.82 Å². The van der Waals surface area contributed by atoms with Gasteiger partial charge in [-0.1, -0.05) is 0 Å². The lowest BCUT2D eigenvalue weighted by Gasteiger charge is -2.08. The van der Waals surface area contributed by atoms with Crippen LogP contribution in [0.1, 0.15) is 15.9 Å². The van der Waals surface area contributed by atoms with Crippen molar-refractivity contribution >= 4 is 11.7 Å². The second kappa shape index (κ2) is 5.64. The van der Waals surface area contributed by atoms with Crippen LogP contribution in [0.25, 0.3) is 0 Å². The Morgan fingerprint density at radius 3 is 2.35 bits per heavy atom. The van der Waals surface area contributed by atoms with Crippen molar-refractivity contribution in [2.24, 2.45) is 0 Å². The molecule has 0 bridgehead atoms. The molecule has 2 aromatic rings. The first-order valence-corrected chi connectivity index (χ1v) is 5.68. The second-order valence-electron chi connectivity index (χ2n) is 4.09. The van der Waals surface area contributed by atoms with E-state index in [4.69, 9.17) is 5.11 Å². The van der Waals surface area contributed by atoms with Gasteiger partial charge in [-0.2, -0.15) is 0 Å². The number of hydrogen-bond donors (Lipinski definition) is 2. The van der Waals surface area contributed by atoms with Gasteiger partial charge in [-0.15, -0.1) is 0 Å². The summed E-state index contributed by atoms with van der Waals surface area (Å²) in [7, 11) is 0.